The first-order valence-corrected chi connectivity index (χ1v) is 8.16. The second-order valence-electron chi connectivity index (χ2n) is 5.58. The molecule has 3 aromatic rings. The third-order valence-electron chi connectivity index (χ3n) is 4.02. The zero-order valence-corrected chi connectivity index (χ0v) is 14.1. The lowest BCUT2D eigenvalue weighted by Crippen LogP contribution is -2.25. The molecule has 0 saturated carbocycles. The van der Waals surface area contributed by atoms with Gasteiger partial charge in [0.15, 0.2) is 6.10 Å². The zero-order chi connectivity index (χ0) is 18.0. The number of fused-ring (bicyclic) bond motifs is 3. The highest BCUT2D eigenvalue weighted by Crippen LogP contribution is 2.30. The number of pyridine rings is 1. The molecule has 130 valence electrons. The number of hydrogen-bond donors (Lipinski definition) is 1. The Hall–Kier alpha value is -3.02. The molecule has 0 aliphatic heterocycles. The number of ether oxygens (including phenoxy) is 2. The van der Waals surface area contributed by atoms with Gasteiger partial charge in [-0.3, -0.25) is 0 Å². The average Bonchev–Trinajstić information content (AvgIpc) is 2.93. The van der Waals surface area contributed by atoms with Gasteiger partial charge in [-0.25, -0.2) is 9.59 Å². The minimum Gasteiger partial charge on any atom is -0.479 e. The summed E-state index contributed by atoms with van der Waals surface area (Å²) in [4.78, 5) is 23.6. The van der Waals surface area contributed by atoms with Crippen LogP contribution in [0.15, 0.2) is 42.6 Å². The molecular weight excluding hydrogens is 322 g/mol. The molecule has 0 saturated heterocycles. The number of aliphatic carboxylic acids is 1. The van der Waals surface area contributed by atoms with Crippen LogP contribution in [0.4, 0.5) is 0 Å². The van der Waals surface area contributed by atoms with Gasteiger partial charge in [0.05, 0.1) is 23.2 Å². The highest BCUT2D eigenvalue weighted by molar-refractivity contribution is 6.11. The van der Waals surface area contributed by atoms with Crippen LogP contribution in [0, 0.1) is 0 Å². The minimum atomic E-state index is -1.00. The van der Waals surface area contributed by atoms with E-state index in [1.807, 2.05) is 28.8 Å². The fourth-order valence-corrected chi connectivity index (χ4v) is 2.88. The summed E-state index contributed by atoms with van der Waals surface area (Å²) in [5.41, 5.74) is 1.99. The van der Waals surface area contributed by atoms with Crippen LogP contribution in [-0.4, -0.2) is 34.2 Å². The molecule has 6 nitrogen and oxygen atoms in total. The molecule has 0 radical (unpaired) electrons. The van der Waals surface area contributed by atoms with Crippen molar-refractivity contribution < 1.29 is 24.2 Å². The van der Waals surface area contributed by atoms with E-state index in [4.69, 9.17) is 14.6 Å². The first-order valence-electron chi connectivity index (χ1n) is 8.16. The first kappa shape index (κ1) is 16.8. The molecule has 0 amide bonds. The summed E-state index contributed by atoms with van der Waals surface area (Å²) >= 11 is 0. The minimum absolute atomic E-state index is 0.294. The zero-order valence-electron chi connectivity index (χ0n) is 14.1. The normalized spacial score (nSPS) is 12.2. The Morgan fingerprint density at radius 2 is 1.96 bits per heavy atom. The summed E-state index contributed by atoms with van der Waals surface area (Å²) in [6, 6.07) is 10.7. The molecular formula is C19H19NO5. The van der Waals surface area contributed by atoms with Gasteiger partial charge in [-0.15, -0.1) is 0 Å². The molecule has 0 fully saturated rings. The maximum Gasteiger partial charge on any atom is 0.344 e. The molecule has 0 bridgehead atoms. The first-order chi connectivity index (χ1) is 12.1. The van der Waals surface area contributed by atoms with E-state index >= 15 is 0 Å². The number of nitrogens with zero attached hydrogens (tertiary/aromatic N) is 1. The Kier molecular flexibility index (Phi) is 4.61. The van der Waals surface area contributed by atoms with Crippen molar-refractivity contribution in [1.29, 1.82) is 0 Å². The summed E-state index contributed by atoms with van der Waals surface area (Å²) in [7, 11) is 0. The standard InChI is InChI=1S/C19H19NO5/c1-3-16(18(21)22)25-12-8-9-13-15(11-12)20-10-6-5-7-14(20)17(13)19(23)24-4-2/h5-11,16H,3-4H2,1-2H3,(H,21,22). The van der Waals surface area contributed by atoms with Crippen LogP contribution < -0.4 is 4.74 Å². The predicted octanol–water partition coefficient (Wildman–Crippen LogP) is 3.51. The third-order valence-corrected chi connectivity index (χ3v) is 4.02. The topological polar surface area (TPSA) is 77.2 Å². The summed E-state index contributed by atoms with van der Waals surface area (Å²) in [5.74, 6) is -0.943. The van der Waals surface area contributed by atoms with Crippen molar-refractivity contribution in [2.24, 2.45) is 0 Å². The van der Waals surface area contributed by atoms with Gasteiger partial charge in [0.25, 0.3) is 0 Å². The molecule has 2 heterocycles. The van der Waals surface area contributed by atoms with Gasteiger partial charge in [-0.05, 0) is 37.6 Å². The van der Waals surface area contributed by atoms with Crippen molar-refractivity contribution in [1.82, 2.24) is 4.40 Å². The highest BCUT2D eigenvalue weighted by atomic mass is 16.5. The molecule has 6 heteroatoms. The SMILES string of the molecule is CCOC(=O)c1c2ccc(OC(CC)C(=O)O)cc2n2ccccc12. The molecule has 0 spiro atoms. The van der Waals surface area contributed by atoms with Gasteiger partial charge >= 0.3 is 11.9 Å². The lowest BCUT2D eigenvalue weighted by molar-refractivity contribution is -0.145. The Bertz CT molecular complexity index is 944. The number of carboxylic acids is 1. The fraction of sp³-hybridized carbons (Fsp3) is 0.263. The number of rotatable bonds is 6. The van der Waals surface area contributed by atoms with E-state index in [0.717, 1.165) is 16.4 Å². The van der Waals surface area contributed by atoms with Gasteiger partial charge in [0.2, 0.25) is 0 Å². The number of benzene rings is 1. The number of carbonyl (C=O) groups is 2. The number of aromatic nitrogens is 1. The number of hydrogen-bond acceptors (Lipinski definition) is 4. The second-order valence-corrected chi connectivity index (χ2v) is 5.58. The van der Waals surface area contributed by atoms with Gasteiger partial charge in [0, 0.05) is 17.6 Å². The van der Waals surface area contributed by atoms with E-state index < -0.39 is 12.1 Å². The summed E-state index contributed by atoms with van der Waals surface area (Å²) in [6.45, 7) is 3.81. The molecule has 1 N–H and O–H groups in total. The van der Waals surface area contributed by atoms with Crippen LogP contribution in [0.2, 0.25) is 0 Å². The van der Waals surface area contributed by atoms with E-state index in [2.05, 4.69) is 0 Å². The van der Waals surface area contributed by atoms with Crippen LogP contribution in [0.1, 0.15) is 30.6 Å². The van der Waals surface area contributed by atoms with Crippen molar-refractivity contribution >= 4 is 28.4 Å². The van der Waals surface area contributed by atoms with Crippen molar-refractivity contribution in [3.8, 4) is 5.75 Å². The summed E-state index contributed by atoms with van der Waals surface area (Å²) in [6.07, 6.45) is 1.29. The van der Waals surface area contributed by atoms with Crippen molar-refractivity contribution in [3.05, 3.63) is 48.2 Å². The number of carbonyl (C=O) groups excluding carboxylic acids is 1. The number of esters is 1. The van der Waals surface area contributed by atoms with E-state index in [-0.39, 0.29) is 5.97 Å². The van der Waals surface area contributed by atoms with Gasteiger partial charge in [-0.2, -0.15) is 0 Å². The number of carboxylic acid groups (broad SMARTS) is 1. The van der Waals surface area contributed by atoms with Gasteiger partial charge in [-0.1, -0.05) is 13.0 Å². The van der Waals surface area contributed by atoms with Crippen molar-refractivity contribution in [2.75, 3.05) is 6.61 Å². The molecule has 0 aliphatic rings. The Morgan fingerprint density at radius 1 is 1.16 bits per heavy atom. The highest BCUT2D eigenvalue weighted by Gasteiger charge is 2.21. The average molecular weight is 341 g/mol. The maximum atomic E-state index is 12.4. The smallest absolute Gasteiger partial charge is 0.344 e. The maximum absolute atomic E-state index is 12.4. The van der Waals surface area contributed by atoms with Gasteiger partial charge in [0.1, 0.15) is 5.75 Å². The molecule has 1 atom stereocenters. The summed E-state index contributed by atoms with van der Waals surface area (Å²) in [5, 5.41) is 9.90. The molecule has 1 unspecified atom stereocenters. The van der Waals surface area contributed by atoms with E-state index in [1.54, 1.807) is 32.0 Å². The largest absolute Gasteiger partial charge is 0.479 e. The molecule has 0 aliphatic carbocycles. The Morgan fingerprint density at radius 3 is 2.64 bits per heavy atom. The van der Waals surface area contributed by atoms with Gasteiger partial charge < -0.3 is 19.0 Å². The second kappa shape index (κ2) is 6.84. The van der Waals surface area contributed by atoms with E-state index in [1.165, 1.54) is 0 Å². The van der Waals surface area contributed by atoms with Crippen LogP contribution in [-0.2, 0) is 9.53 Å². The molecule has 2 aromatic heterocycles. The Labute approximate surface area is 144 Å². The lowest BCUT2D eigenvalue weighted by Gasteiger charge is -2.13. The van der Waals surface area contributed by atoms with Crippen molar-refractivity contribution in [2.45, 2.75) is 26.4 Å². The van der Waals surface area contributed by atoms with Crippen LogP contribution >= 0.6 is 0 Å². The van der Waals surface area contributed by atoms with Crippen LogP contribution in [0.3, 0.4) is 0 Å². The quantitative estimate of drug-likeness (QED) is 0.694. The van der Waals surface area contributed by atoms with Crippen LogP contribution in [0.25, 0.3) is 16.4 Å². The third kappa shape index (κ3) is 3.03. The van der Waals surface area contributed by atoms with E-state index in [0.29, 0.717) is 24.3 Å². The molecule has 3 rings (SSSR count). The summed E-state index contributed by atoms with van der Waals surface area (Å²) < 4.78 is 12.6. The lowest BCUT2D eigenvalue weighted by atomic mass is 10.1. The molecule has 1 aromatic carbocycles. The molecule has 25 heavy (non-hydrogen) atoms. The van der Waals surface area contributed by atoms with Crippen LogP contribution in [0.5, 0.6) is 5.75 Å². The Balaban J connectivity index is 2.15. The van der Waals surface area contributed by atoms with E-state index in [9.17, 15) is 9.59 Å². The monoisotopic (exact) mass is 341 g/mol. The predicted molar refractivity (Wildman–Crippen MR) is 93.2 cm³/mol. The van der Waals surface area contributed by atoms with Crippen molar-refractivity contribution in [3.63, 3.8) is 0 Å². The fourth-order valence-electron chi connectivity index (χ4n) is 2.88.